The van der Waals surface area contributed by atoms with Crippen LogP contribution in [0, 0.1) is 0 Å². The van der Waals surface area contributed by atoms with E-state index in [4.69, 9.17) is 11.5 Å². The summed E-state index contributed by atoms with van der Waals surface area (Å²) in [5.74, 6) is -0.403. The minimum absolute atomic E-state index is 0.104. The van der Waals surface area contributed by atoms with Crippen LogP contribution in [0.25, 0.3) is 28.0 Å². The van der Waals surface area contributed by atoms with Crippen LogP contribution < -0.4 is 17.0 Å². The zero-order chi connectivity index (χ0) is 25.8. The number of aromatic nitrogens is 1. The molecule has 0 unspecified atom stereocenters. The largest absolute Gasteiger partial charge is 0.395 e. The van der Waals surface area contributed by atoms with Gasteiger partial charge in [0.05, 0.1) is 12.3 Å². The van der Waals surface area contributed by atoms with E-state index in [2.05, 4.69) is 4.99 Å². The van der Waals surface area contributed by atoms with Gasteiger partial charge in [0.2, 0.25) is 11.8 Å². The van der Waals surface area contributed by atoms with Gasteiger partial charge >= 0.3 is 0 Å². The number of carbonyl (C=O) groups excluding carboxylic acids is 2. The lowest BCUT2D eigenvalue weighted by atomic mass is 9.99. The predicted molar refractivity (Wildman–Crippen MR) is 141 cm³/mol. The predicted octanol–water partition coefficient (Wildman–Crippen LogP) is 2.16. The highest BCUT2D eigenvalue weighted by molar-refractivity contribution is 6.05. The van der Waals surface area contributed by atoms with E-state index in [1.807, 2.05) is 43.3 Å². The first kappa shape index (κ1) is 24.9. The van der Waals surface area contributed by atoms with E-state index in [-0.39, 0.29) is 37.6 Å². The van der Waals surface area contributed by atoms with Crippen LogP contribution in [0.1, 0.15) is 25.3 Å². The van der Waals surface area contributed by atoms with Gasteiger partial charge in [-0.05, 0) is 53.3 Å². The molecular weight excluding hydrogens is 458 g/mol. The summed E-state index contributed by atoms with van der Waals surface area (Å²) in [7, 11) is 0. The number of rotatable bonds is 8. The highest BCUT2D eigenvalue weighted by Crippen LogP contribution is 2.33. The second kappa shape index (κ2) is 10.6. The Morgan fingerprint density at radius 2 is 1.86 bits per heavy atom. The summed E-state index contributed by atoms with van der Waals surface area (Å²) in [6, 6.07) is 13.0. The van der Waals surface area contributed by atoms with Gasteiger partial charge in [0.1, 0.15) is 12.4 Å². The summed E-state index contributed by atoms with van der Waals surface area (Å²) >= 11 is 0. The van der Waals surface area contributed by atoms with Crippen molar-refractivity contribution in [1.82, 2.24) is 9.47 Å². The Kier molecular flexibility index (Phi) is 7.30. The lowest BCUT2D eigenvalue weighted by molar-refractivity contribution is -0.127. The average Bonchev–Trinajstić information content (AvgIpc) is 3.02. The molecule has 0 saturated heterocycles. The number of primary amides is 1. The minimum atomic E-state index is -0.580. The van der Waals surface area contributed by atoms with Crippen LogP contribution in [-0.4, -0.2) is 51.9 Å². The zero-order valence-electron chi connectivity index (χ0n) is 20.1. The van der Waals surface area contributed by atoms with Crippen molar-refractivity contribution in [1.29, 1.82) is 0 Å². The summed E-state index contributed by atoms with van der Waals surface area (Å²) in [6.07, 6.45) is 4.38. The maximum atomic E-state index is 13.1. The van der Waals surface area contributed by atoms with Crippen molar-refractivity contribution in [3.05, 3.63) is 70.2 Å². The topological polar surface area (TPSA) is 144 Å². The second-order valence-corrected chi connectivity index (χ2v) is 8.76. The Bertz CT molecular complexity index is 1450. The Morgan fingerprint density at radius 1 is 1.11 bits per heavy atom. The molecule has 0 spiro atoms. The number of carbonyl (C=O) groups is 2. The van der Waals surface area contributed by atoms with Gasteiger partial charge in [-0.1, -0.05) is 25.1 Å². The summed E-state index contributed by atoms with van der Waals surface area (Å²) in [5, 5.41) is 10.6. The quantitative estimate of drug-likeness (QED) is 0.446. The first-order valence-corrected chi connectivity index (χ1v) is 11.8. The highest BCUT2D eigenvalue weighted by Gasteiger charge is 2.21. The molecular formula is C27H29N5O4. The summed E-state index contributed by atoms with van der Waals surface area (Å²) in [4.78, 5) is 43.2. The van der Waals surface area contributed by atoms with Crippen LogP contribution in [0.3, 0.4) is 0 Å². The van der Waals surface area contributed by atoms with Gasteiger partial charge in [-0.15, -0.1) is 0 Å². The molecule has 36 heavy (non-hydrogen) atoms. The number of aliphatic imine (C=N–C) groups is 1. The molecule has 0 fully saturated rings. The van der Waals surface area contributed by atoms with Crippen LogP contribution in [-0.2, 0) is 16.1 Å². The van der Waals surface area contributed by atoms with Gasteiger partial charge in [0, 0.05) is 42.2 Å². The van der Waals surface area contributed by atoms with E-state index in [0.29, 0.717) is 29.0 Å². The van der Waals surface area contributed by atoms with E-state index < -0.39 is 5.91 Å². The van der Waals surface area contributed by atoms with Crippen LogP contribution in [0.4, 0.5) is 5.69 Å². The van der Waals surface area contributed by atoms with E-state index in [1.54, 1.807) is 23.2 Å². The van der Waals surface area contributed by atoms with Crippen molar-refractivity contribution >= 4 is 40.2 Å². The maximum absolute atomic E-state index is 13.1. The smallest absolute Gasteiger partial charge is 0.258 e. The summed E-state index contributed by atoms with van der Waals surface area (Å²) in [6.45, 7) is 2.52. The van der Waals surface area contributed by atoms with Gasteiger partial charge in [0.15, 0.2) is 0 Å². The molecule has 2 amide bonds. The Morgan fingerprint density at radius 3 is 2.58 bits per heavy atom. The number of amides is 2. The number of fused-ring (bicyclic) bond motifs is 2. The molecule has 4 rings (SSSR count). The Hall–Kier alpha value is -4.24. The molecule has 3 aromatic rings. The molecule has 0 atom stereocenters. The minimum Gasteiger partial charge on any atom is -0.395 e. The maximum Gasteiger partial charge on any atom is 0.258 e. The zero-order valence-corrected chi connectivity index (χ0v) is 20.1. The lowest BCUT2D eigenvalue weighted by Gasteiger charge is -2.22. The molecule has 5 N–H and O–H groups in total. The number of amidine groups is 1. The molecule has 9 nitrogen and oxygen atoms in total. The second-order valence-electron chi connectivity index (χ2n) is 8.76. The molecule has 9 heteroatoms. The van der Waals surface area contributed by atoms with Gasteiger partial charge in [-0.3, -0.25) is 14.4 Å². The number of nitrogens with zero attached hydrogens (tertiary/aromatic N) is 3. The molecule has 186 valence electrons. The van der Waals surface area contributed by atoms with E-state index >= 15 is 0 Å². The van der Waals surface area contributed by atoms with Crippen LogP contribution in [0.15, 0.2) is 64.0 Å². The molecule has 1 aromatic heterocycles. The van der Waals surface area contributed by atoms with Crippen molar-refractivity contribution in [2.45, 2.75) is 26.3 Å². The third kappa shape index (κ3) is 5.21. The number of hydrogen-bond donors (Lipinski definition) is 3. The Labute approximate surface area is 208 Å². The van der Waals surface area contributed by atoms with Crippen LogP contribution >= 0.6 is 0 Å². The number of pyridine rings is 1. The Balaban J connectivity index is 1.70. The summed E-state index contributed by atoms with van der Waals surface area (Å²) in [5.41, 5.74) is 14.8. The average molecular weight is 488 g/mol. The van der Waals surface area contributed by atoms with Crippen LogP contribution in [0.5, 0.6) is 0 Å². The van der Waals surface area contributed by atoms with E-state index in [0.717, 1.165) is 28.5 Å². The first-order valence-electron chi connectivity index (χ1n) is 11.8. The molecule has 0 aliphatic carbocycles. The van der Waals surface area contributed by atoms with Crippen LogP contribution in [0.2, 0.25) is 0 Å². The molecule has 1 aliphatic rings. The molecule has 0 saturated carbocycles. The first-order chi connectivity index (χ1) is 17.3. The van der Waals surface area contributed by atoms with Crippen molar-refractivity contribution in [3.63, 3.8) is 0 Å². The highest BCUT2D eigenvalue weighted by atomic mass is 16.3. The fourth-order valence-electron chi connectivity index (χ4n) is 4.38. The van der Waals surface area contributed by atoms with E-state index in [9.17, 15) is 19.5 Å². The van der Waals surface area contributed by atoms with Gasteiger partial charge < -0.3 is 26.0 Å². The van der Waals surface area contributed by atoms with Gasteiger partial charge in [-0.25, -0.2) is 4.99 Å². The molecule has 2 heterocycles. The SMILES string of the molecule is CCCN(CCO)C(=O)C1=Cc2ccc(-c3ccc4c(=O)n(CC(N)=O)ccc4c3)cc2N=C(N)C1. The lowest BCUT2D eigenvalue weighted by Crippen LogP contribution is -2.36. The van der Waals surface area contributed by atoms with Crippen molar-refractivity contribution in [2.75, 3.05) is 19.7 Å². The molecule has 0 bridgehead atoms. The van der Waals surface area contributed by atoms with Crippen molar-refractivity contribution < 1.29 is 14.7 Å². The number of hydrogen-bond acceptors (Lipinski definition) is 6. The standard InChI is InChI=1S/C27H29N5O4/c1-2-8-31(10-11-33)26(35)21-13-20-4-3-18(14-23(20)30-24(28)15-21)17-5-6-22-19(12-17)7-9-32(27(22)36)16-25(29)34/h3-7,9,12-14,33H,2,8,10-11,15-16H2,1H3,(H2,28,30)(H2,29,34). The number of aliphatic hydroxyl groups is 1. The number of nitrogens with two attached hydrogens (primary N) is 2. The van der Waals surface area contributed by atoms with Crippen molar-refractivity contribution in [2.24, 2.45) is 16.5 Å². The molecule has 2 aromatic carbocycles. The van der Waals surface area contributed by atoms with Crippen molar-refractivity contribution in [3.8, 4) is 11.1 Å². The van der Waals surface area contributed by atoms with E-state index in [1.165, 1.54) is 4.57 Å². The fraction of sp³-hybridized carbons (Fsp3) is 0.259. The fourth-order valence-corrected chi connectivity index (χ4v) is 4.38. The number of benzene rings is 2. The monoisotopic (exact) mass is 487 g/mol. The summed E-state index contributed by atoms with van der Waals surface area (Å²) < 4.78 is 1.29. The molecule has 1 aliphatic heterocycles. The number of aliphatic hydroxyl groups excluding tert-OH is 1. The van der Waals surface area contributed by atoms with Gasteiger partial charge in [0.25, 0.3) is 5.56 Å². The third-order valence-corrected chi connectivity index (χ3v) is 6.06. The third-order valence-electron chi connectivity index (χ3n) is 6.06. The normalized spacial score (nSPS) is 12.9. The van der Waals surface area contributed by atoms with Gasteiger partial charge in [-0.2, -0.15) is 0 Å². The molecule has 0 radical (unpaired) electrons.